The van der Waals surface area contributed by atoms with Gasteiger partial charge in [0.05, 0.1) is 32.0 Å². The van der Waals surface area contributed by atoms with E-state index in [2.05, 4.69) is 15.5 Å². The van der Waals surface area contributed by atoms with Gasteiger partial charge in [0, 0.05) is 12.6 Å². The number of nitrogens with zero attached hydrogens (tertiary/aromatic N) is 2. The molecule has 10 nitrogen and oxygen atoms in total. The molecule has 2 aliphatic heterocycles. The van der Waals surface area contributed by atoms with Gasteiger partial charge in [-0.15, -0.1) is 0 Å². The number of likely N-dealkylation sites (tertiary alicyclic amines) is 2. The molecule has 37 heavy (non-hydrogen) atoms. The fourth-order valence-corrected chi connectivity index (χ4v) is 4.90. The molecular weight excluding hydrogens is 476 g/mol. The Bertz CT molecular complexity index is 955. The van der Waals surface area contributed by atoms with Crippen LogP contribution in [0.25, 0.3) is 0 Å². The smallest absolute Gasteiger partial charge is 0.246 e. The van der Waals surface area contributed by atoms with Gasteiger partial charge in [0.25, 0.3) is 0 Å². The quantitative estimate of drug-likeness (QED) is 0.433. The molecule has 2 fully saturated rings. The molecule has 0 aromatic heterocycles. The summed E-state index contributed by atoms with van der Waals surface area (Å²) in [7, 11) is 1.54. The van der Waals surface area contributed by atoms with Crippen LogP contribution in [0.15, 0.2) is 18.2 Å². The van der Waals surface area contributed by atoms with Crippen molar-refractivity contribution < 1.29 is 28.7 Å². The van der Waals surface area contributed by atoms with Crippen molar-refractivity contribution in [3.63, 3.8) is 0 Å². The molecule has 2 unspecified atom stereocenters. The maximum Gasteiger partial charge on any atom is 0.246 e. The highest BCUT2D eigenvalue weighted by Crippen LogP contribution is 2.30. The molecule has 1 aromatic carbocycles. The van der Waals surface area contributed by atoms with E-state index in [-0.39, 0.29) is 18.4 Å². The van der Waals surface area contributed by atoms with E-state index in [1.165, 1.54) is 7.11 Å². The zero-order valence-electron chi connectivity index (χ0n) is 22.3. The number of carbonyl (C=O) groups is 4. The van der Waals surface area contributed by atoms with Gasteiger partial charge in [0.1, 0.15) is 23.8 Å². The average molecular weight is 517 g/mol. The van der Waals surface area contributed by atoms with Crippen LogP contribution in [0.3, 0.4) is 0 Å². The molecule has 0 aliphatic carbocycles. The summed E-state index contributed by atoms with van der Waals surface area (Å²) in [5.74, 6) is 1.20. The van der Waals surface area contributed by atoms with Gasteiger partial charge in [-0.25, -0.2) is 0 Å². The third-order valence-electron chi connectivity index (χ3n) is 7.11. The van der Waals surface area contributed by atoms with Crippen LogP contribution in [-0.2, 0) is 19.2 Å². The number of carbonyl (C=O) groups excluding carboxylic acids is 4. The number of rotatable bonds is 11. The number of methoxy groups -OCH3 is 1. The molecule has 3 rings (SSSR count). The second kappa shape index (κ2) is 12.9. The fraction of sp³-hybridized carbons (Fsp3) is 0.630. The van der Waals surface area contributed by atoms with Crippen LogP contribution in [0.2, 0.25) is 0 Å². The summed E-state index contributed by atoms with van der Waals surface area (Å²) in [5.41, 5.74) is 0.105. The number of hydrogen-bond donors (Lipinski definition) is 2. The highest BCUT2D eigenvalue weighted by atomic mass is 16.5. The second-order valence-corrected chi connectivity index (χ2v) is 10.9. The van der Waals surface area contributed by atoms with E-state index in [1.807, 2.05) is 20.8 Å². The van der Waals surface area contributed by atoms with Crippen molar-refractivity contribution in [1.82, 2.24) is 15.1 Å². The number of nitrogens with one attached hydrogen (secondary N) is 2. The van der Waals surface area contributed by atoms with Crippen LogP contribution < -0.4 is 20.1 Å². The van der Waals surface area contributed by atoms with Gasteiger partial charge in [-0.3, -0.25) is 19.3 Å². The molecular formula is C27H40N4O6. The van der Waals surface area contributed by atoms with Crippen molar-refractivity contribution >= 4 is 30.2 Å². The molecule has 0 spiro atoms. The molecule has 2 saturated heterocycles. The van der Waals surface area contributed by atoms with E-state index in [0.29, 0.717) is 49.1 Å². The van der Waals surface area contributed by atoms with E-state index in [0.717, 1.165) is 38.6 Å². The third kappa shape index (κ3) is 7.67. The fourth-order valence-electron chi connectivity index (χ4n) is 4.90. The van der Waals surface area contributed by atoms with Gasteiger partial charge < -0.3 is 29.8 Å². The van der Waals surface area contributed by atoms with Crippen LogP contribution in [0.1, 0.15) is 46.5 Å². The van der Waals surface area contributed by atoms with Crippen molar-refractivity contribution in [3.05, 3.63) is 18.2 Å². The van der Waals surface area contributed by atoms with Crippen molar-refractivity contribution in [2.24, 2.45) is 11.3 Å². The van der Waals surface area contributed by atoms with Gasteiger partial charge in [-0.2, -0.15) is 0 Å². The minimum atomic E-state index is -0.684. The lowest BCUT2D eigenvalue weighted by Crippen LogP contribution is -2.57. The lowest BCUT2D eigenvalue weighted by molar-refractivity contribution is -0.141. The first-order chi connectivity index (χ1) is 17.7. The second-order valence-electron chi connectivity index (χ2n) is 10.9. The van der Waals surface area contributed by atoms with Crippen LogP contribution in [0, 0.1) is 11.3 Å². The Morgan fingerprint density at radius 1 is 1.14 bits per heavy atom. The lowest BCUT2D eigenvalue weighted by atomic mass is 9.85. The third-order valence-corrected chi connectivity index (χ3v) is 7.11. The number of aldehydes is 1. The van der Waals surface area contributed by atoms with Gasteiger partial charge in [0.15, 0.2) is 0 Å². The molecule has 2 N–H and O–H groups in total. The van der Waals surface area contributed by atoms with Crippen LogP contribution in [0.5, 0.6) is 11.5 Å². The van der Waals surface area contributed by atoms with Gasteiger partial charge in [-0.1, -0.05) is 20.8 Å². The number of benzene rings is 1. The van der Waals surface area contributed by atoms with Crippen molar-refractivity contribution in [2.75, 3.05) is 45.2 Å². The van der Waals surface area contributed by atoms with Gasteiger partial charge in [-0.05, 0) is 62.2 Å². The zero-order chi connectivity index (χ0) is 27.0. The lowest BCUT2D eigenvalue weighted by Gasteiger charge is -2.36. The Kier molecular flexibility index (Phi) is 9.91. The summed E-state index contributed by atoms with van der Waals surface area (Å²) in [5, 5.41) is 5.55. The number of ether oxygens (including phenoxy) is 2. The Hall–Kier alpha value is -3.14. The SMILES string of the molecule is COc1cc(OCC2CCN(CC(=O)NC(C(=O)N3CCCC3C=O)C(C)(C)C)CC2)ccc1NC=O. The first-order valence-electron chi connectivity index (χ1n) is 12.9. The zero-order valence-corrected chi connectivity index (χ0v) is 22.3. The number of piperidine rings is 1. The normalized spacial score (nSPS) is 19.7. The Balaban J connectivity index is 1.47. The maximum absolute atomic E-state index is 13.2. The van der Waals surface area contributed by atoms with Gasteiger partial charge in [0.2, 0.25) is 18.2 Å². The molecule has 2 heterocycles. The van der Waals surface area contributed by atoms with E-state index >= 15 is 0 Å². The first-order valence-corrected chi connectivity index (χ1v) is 12.9. The topological polar surface area (TPSA) is 117 Å². The Morgan fingerprint density at radius 3 is 2.49 bits per heavy atom. The number of hydrogen-bond acceptors (Lipinski definition) is 7. The van der Waals surface area contributed by atoms with E-state index in [1.54, 1.807) is 23.1 Å². The molecule has 2 atom stereocenters. The molecule has 0 bridgehead atoms. The first kappa shape index (κ1) is 28.4. The van der Waals surface area contributed by atoms with Crippen molar-refractivity contribution in [3.8, 4) is 11.5 Å². The Morgan fingerprint density at radius 2 is 1.86 bits per heavy atom. The molecule has 3 amide bonds. The minimum Gasteiger partial charge on any atom is -0.494 e. The molecule has 204 valence electrons. The molecule has 2 aliphatic rings. The molecule has 1 aromatic rings. The molecule has 0 saturated carbocycles. The van der Waals surface area contributed by atoms with E-state index in [4.69, 9.17) is 9.47 Å². The van der Waals surface area contributed by atoms with Crippen LogP contribution >= 0.6 is 0 Å². The highest BCUT2D eigenvalue weighted by Gasteiger charge is 2.39. The molecule has 0 radical (unpaired) electrons. The summed E-state index contributed by atoms with van der Waals surface area (Å²) in [6.07, 6.45) is 4.70. The molecule has 10 heteroatoms. The maximum atomic E-state index is 13.2. The summed E-state index contributed by atoms with van der Waals surface area (Å²) >= 11 is 0. The summed E-state index contributed by atoms with van der Waals surface area (Å²) in [6.45, 7) is 8.64. The van der Waals surface area contributed by atoms with E-state index in [9.17, 15) is 19.2 Å². The highest BCUT2D eigenvalue weighted by molar-refractivity contribution is 5.90. The number of amides is 3. The predicted molar refractivity (Wildman–Crippen MR) is 140 cm³/mol. The standard InChI is InChI=1S/C27H40N4O6/c1-27(2,3)25(26(35)31-11-5-6-20(31)16-32)29-24(34)15-30-12-9-19(10-13-30)17-37-21-7-8-22(28-18-33)23(14-21)36-4/h7-8,14,16,18-20,25H,5-6,9-13,15,17H2,1-4H3,(H,28,33)(H,29,34). The van der Waals surface area contributed by atoms with Crippen LogP contribution in [-0.4, -0.2) is 86.3 Å². The van der Waals surface area contributed by atoms with Crippen molar-refractivity contribution in [2.45, 2.75) is 58.5 Å². The summed E-state index contributed by atoms with van der Waals surface area (Å²) in [4.78, 5) is 51.9. The monoisotopic (exact) mass is 516 g/mol. The average Bonchev–Trinajstić information content (AvgIpc) is 3.35. The van der Waals surface area contributed by atoms with E-state index < -0.39 is 17.5 Å². The largest absolute Gasteiger partial charge is 0.494 e. The summed E-state index contributed by atoms with van der Waals surface area (Å²) in [6, 6.07) is 4.19. The van der Waals surface area contributed by atoms with Crippen LogP contribution in [0.4, 0.5) is 5.69 Å². The minimum absolute atomic E-state index is 0.180. The predicted octanol–water partition coefficient (Wildman–Crippen LogP) is 2.08. The Labute approximate surface area is 219 Å². The summed E-state index contributed by atoms with van der Waals surface area (Å²) < 4.78 is 11.3. The number of anilines is 1. The van der Waals surface area contributed by atoms with Crippen molar-refractivity contribution in [1.29, 1.82) is 0 Å². The van der Waals surface area contributed by atoms with Gasteiger partial charge >= 0.3 is 0 Å².